The van der Waals surface area contributed by atoms with E-state index in [0.29, 0.717) is 34.9 Å². The fourth-order valence-corrected chi connectivity index (χ4v) is 2.81. The number of hydrogen-bond acceptors (Lipinski definition) is 4. The summed E-state index contributed by atoms with van der Waals surface area (Å²) in [4.78, 5) is 6.07. The zero-order chi connectivity index (χ0) is 15.5. The van der Waals surface area contributed by atoms with Gasteiger partial charge in [-0.25, -0.2) is 4.98 Å². The van der Waals surface area contributed by atoms with Crippen molar-refractivity contribution in [2.45, 2.75) is 12.6 Å². The van der Waals surface area contributed by atoms with Gasteiger partial charge in [-0.2, -0.15) is 18.4 Å². The molecular formula is C14H12F3N3S. The van der Waals surface area contributed by atoms with Gasteiger partial charge >= 0.3 is 6.18 Å². The van der Waals surface area contributed by atoms with E-state index >= 15 is 0 Å². The molecule has 0 amide bonds. The van der Waals surface area contributed by atoms with Crippen molar-refractivity contribution in [3.8, 4) is 6.07 Å². The van der Waals surface area contributed by atoms with Crippen molar-refractivity contribution in [2.75, 3.05) is 18.0 Å². The Labute approximate surface area is 123 Å². The van der Waals surface area contributed by atoms with Crippen molar-refractivity contribution in [2.24, 2.45) is 0 Å². The maximum atomic E-state index is 12.7. The van der Waals surface area contributed by atoms with E-state index < -0.39 is 11.7 Å². The van der Waals surface area contributed by atoms with Gasteiger partial charge in [0.1, 0.15) is 0 Å². The Kier molecular flexibility index (Phi) is 4.48. The molecule has 2 rings (SSSR count). The molecule has 0 bridgehead atoms. The van der Waals surface area contributed by atoms with Crippen LogP contribution in [-0.4, -0.2) is 18.1 Å². The largest absolute Gasteiger partial charge is 0.416 e. The number of halogens is 3. The third-order valence-corrected chi connectivity index (χ3v) is 3.91. The summed E-state index contributed by atoms with van der Waals surface area (Å²) in [6.45, 7) is 4.60. The molecule has 7 heteroatoms. The predicted molar refractivity (Wildman–Crippen MR) is 77.3 cm³/mol. The van der Waals surface area contributed by atoms with Gasteiger partial charge in [0.15, 0.2) is 5.13 Å². The molecule has 0 atom stereocenters. The second kappa shape index (κ2) is 6.14. The van der Waals surface area contributed by atoms with E-state index in [1.54, 1.807) is 6.08 Å². The Morgan fingerprint density at radius 2 is 2.19 bits per heavy atom. The number of anilines is 1. The van der Waals surface area contributed by atoms with Gasteiger partial charge in [-0.3, -0.25) is 0 Å². The zero-order valence-electron chi connectivity index (χ0n) is 11.0. The van der Waals surface area contributed by atoms with Crippen molar-refractivity contribution in [1.82, 2.24) is 4.98 Å². The van der Waals surface area contributed by atoms with Crippen LogP contribution in [0.25, 0.3) is 10.2 Å². The Hall–Kier alpha value is -2.07. The Morgan fingerprint density at radius 3 is 2.81 bits per heavy atom. The van der Waals surface area contributed by atoms with E-state index in [4.69, 9.17) is 5.26 Å². The number of aromatic nitrogens is 1. The predicted octanol–water partition coefficient (Wildman–Crippen LogP) is 4.22. The lowest BCUT2D eigenvalue weighted by atomic mass is 10.2. The van der Waals surface area contributed by atoms with E-state index in [2.05, 4.69) is 11.6 Å². The summed E-state index contributed by atoms with van der Waals surface area (Å²) < 4.78 is 38.7. The van der Waals surface area contributed by atoms with Gasteiger partial charge in [-0.05, 0) is 18.2 Å². The summed E-state index contributed by atoms with van der Waals surface area (Å²) in [6, 6.07) is 5.57. The maximum Gasteiger partial charge on any atom is 0.416 e. The van der Waals surface area contributed by atoms with E-state index in [1.807, 2.05) is 11.0 Å². The molecule has 110 valence electrons. The first-order valence-corrected chi connectivity index (χ1v) is 6.98. The monoisotopic (exact) mass is 311 g/mol. The Balaban J connectivity index is 2.37. The smallest absolute Gasteiger partial charge is 0.343 e. The third-order valence-electron chi connectivity index (χ3n) is 2.82. The van der Waals surface area contributed by atoms with Crippen LogP contribution < -0.4 is 4.90 Å². The zero-order valence-corrected chi connectivity index (χ0v) is 11.8. The number of thiazole rings is 1. The second-order valence-electron chi connectivity index (χ2n) is 4.32. The third kappa shape index (κ3) is 3.52. The van der Waals surface area contributed by atoms with Crippen molar-refractivity contribution >= 4 is 26.7 Å². The highest BCUT2D eigenvalue weighted by atomic mass is 32.1. The average Bonchev–Trinajstić information content (AvgIpc) is 2.85. The lowest BCUT2D eigenvalue weighted by molar-refractivity contribution is -0.137. The average molecular weight is 311 g/mol. The summed E-state index contributed by atoms with van der Waals surface area (Å²) in [6.07, 6.45) is -2.39. The second-order valence-corrected chi connectivity index (χ2v) is 5.33. The topological polar surface area (TPSA) is 39.9 Å². The number of nitrogens with zero attached hydrogens (tertiary/aromatic N) is 3. The lowest BCUT2D eigenvalue weighted by Crippen LogP contribution is -2.23. The summed E-state index contributed by atoms with van der Waals surface area (Å²) in [7, 11) is 0. The standard InChI is InChI=1S/C14H12F3N3S/c1-2-7-20(8-3-6-18)13-19-11-9-10(14(15,16)17)4-5-12(11)21-13/h2,4-5,9H,1,3,7-8H2. The van der Waals surface area contributed by atoms with Gasteiger partial charge in [0.05, 0.1) is 28.3 Å². The van der Waals surface area contributed by atoms with Crippen LogP contribution in [0.5, 0.6) is 0 Å². The van der Waals surface area contributed by atoms with Gasteiger partial charge in [-0.15, -0.1) is 6.58 Å². The molecule has 0 aliphatic rings. The fraction of sp³-hybridized carbons (Fsp3) is 0.286. The molecular weight excluding hydrogens is 299 g/mol. The highest BCUT2D eigenvalue weighted by molar-refractivity contribution is 7.22. The highest BCUT2D eigenvalue weighted by Crippen LogP contribution is 2.35. The minimum absolute atomic E-state index is 0.316. The molecule has 1 heterocycles. The quantitative estimate of drug-likeness (QED) is 0.776. The molecule has 0 fully saturated rings. The first kappa shape index (κ1) is 15.3. The Morgan fingerprint density at radius 1 is 1.43 bits per heavy atom. The summed E-state index contributed by atoms with van der Waals surface area (Å²) in [5.41, 5.74) is -0.394. The molecule has 3 nitrogen and oxygen atoms in total. The van der Waals surface area contributed by atoms with Crippen molar-refractivity contribution in [1.29, 1.82) is 5.26 Å². The van der Waals surface area contributed by atoms with Crippen LogP contribution in [0.4, 0.5) is 18.3 Å². The molecule has 0 unspecified atom stereocenters. The molecule has 0 spiro atoms. The number of rotatable bonds is 5. The van der Waals surface area contributed by atoms with Crippen molar-refractivity contribution in [3.05, 3.63) is 36.4 Å². The van der Waals surface area contributed by atoms with Crippen LogP contribution >= 0.6 is 11.3 Å². The van der Waals surface area contributed by atoms with Gasteiger partial charge in [0.25, 0.3) is 0 Å². The number of fused-ring (bicyclic) bond motifs is 1. The molecule has 2 aromatic rings. The van der Waals surface area contributed by atoms with E-state index in [9.17, 15) is 13.2 Å². The lowest BCUT2D eigenvalue weighted by Gasteiger charge is -2.17. The van der Waals surface area contributed by atoms with Crippen LogP contribution in [0.15, 0.2) is 30.9 Å². The van der Waals surface area contributed by atoms with Crippen LogP contribution in [-0.2, 0) is 6.18 Å². The minimum Gasteiger partial charge on any atom is -0.343 e. The molecule has 0 aliphatic carbocycles. The first-order valence-electron chi connectivity index (χ1n) is 6.16. The SMILES string of the molecule is C=CCN(CCC#N)c1nc2cc(C(F)(F)F)ccc2s1. The molecule has 1 aromatic carbocycles. The van der Waals surface area contributed by atoms with Gasteiger partial charge in [0.2, 0.25) is 0 Å². The maximum absolute atomic E-state index is 12.7. The van der Waals surface area contributed by atoms with Crippen molar-refractivity contribution in [3.63, 3.8) is 0 Å². The van der Waals surface area contributed by atoms with Crippen LogP contribution in [0, 0.1) is 11.3 Å². The van der Waals surface area contributed by atoms with Gasteiger partial charge in [0, 0.05) is 13.1 Å². The summed E-state index contributed by atoms with van der Waals surface area (Å²) >= 11 is 1.31. The molecule has 0 radical (unpaired) electrons. The minimum atomic E-state index is -4.38. The first-order chi connectivity index (χ1) is 9.95. The van der Waals surface area contributed by atoms with Gasteiger partial charge < -0.3 is 4.90 Å². The van der Waals surface area contributed by atoms with Crippen molar-refractivity contribution < 1.29 is 13.2 Å². The summed E-state index contributed by atoms with van der Waals surface area (Å²) in [5, 5.41) is 9.25. The molecule has 0 saturated heterocycles. The molecule has 0 N–H and O–H groups in total. The number of nitriles is 1. The summed E-state index contributed by atoms with van der Waals surface area (Å²) in [5.74, 6) is 0. The van der Waals surface area contributed by atoms with Crippen LogP contribution in [0.3, 0.4) is 0 Å². The fourth-order valence-electron chi connectivity index (χ4n) is 1.83. The van der Waals surface area contributed by atoms with E-state index in [0.717, 1.165) is 12.1 Å². The molecule has 21 heavy (non-hydrogen) atoms. The van der Waals surface area contributed by atoms with E-state index in [-0.39, 0.29) is 0 Å². The van der Waals surface area contributed by atoms with Crippen LogP contribution in [0.1, 0.15) is 12.0 Å². The number of alkyl halides is 3. The normalized spacial score (nSPS) is 11.3. The number of hydrogen-bond donors (Lipinski definition) is 0. The molecule has 0 saturated carbocycles. The molecule has 0 aliphatic heterocycles. The van der Waals surface area contributed by atoms with Gasteiger partial charge in [-0.1, -0.05) is 17.4 Å². The van der Waals surface area contributed by atoms with Crippen LogP contribution in [0.2, 0.25) is 0 Å². The molecule has 1 aromatic heterocycles. The Bertz CT molecular complexity index is 685. The van der Waals surface area contributed by atoms with E-state index in [1.165, 1.54) is 17.4 Å². The highest BCUT2D eigenvalue weighted by Gasteiger charge is 2.30. The number of benzene rings is 1.